The maximum absolute atomic E-state index is 12.9. The van der Waals surface area contributed by atoms with Crippen molar-refractivity contribution in [1.29, 1.82) is 0 Å². The van der Waals surface area contributed by atoms with E-state index < -0.39 is 10.0 Å². The van der Waals surface area contributed by atoms with Crippen molar-refractivity contribution in [3.8, 4) is 22.4 Å². The van der Waals surface area contributed by atoms with Crippen LogP contribution >= 0.6 is 22.7 Å². The molecule has 0 unspecified atom stereocenters. The van der Waals surface area contributed by atoms with Crippen molar-refractivity contribution in [2.45, 2.75) is 6.92 Å². The smallest absolute Gasteiger partial charge is 0.268 e. The minimum atomic E-state index is -3.32. The van der Waals surface area contributed by atoms with Crippen LogP contribution in [0.25, 0.3) is 22.4 Å². The van der Waals surface area contributed by atoms with Gasteiger partial charge >= 0.3 is 0 Å². The first-order valence-corrected chi connectivity index (χ1v) is 13.3. The van der Waals surface area contributed by atoms with Gasteiger partial charge in [0.2, 0.25) is 10.0 Å². The number of aryl methyl sites for hydroxylation is 1. The number of thiophene rings is 1. The van der Waals surface area contributed by atoms with Crippen LogP contribution in [0.2, 0.25) is 0 Å². The highest BCUT2D eigenvalue weighted by Gasteiger charge is 2.17. The minimum Gasteiger partial charge on any atom is -0.297 e. The van der Waals surface area contributed by atoms with Crippen LogP contribution in [0.15, 0.2) is 65.4 Å². The highest BCUT2D eigenvalue weighted by molar-refractivity contribution is 7.92. The van der Waals surface area contributed by atoms with Gasteiger partial charge in [-0.1, -0.05) is 42.0 Å². The maximum Gasteiger partial charge on any atom is 0.268 e. The van der Waals surface area contributed by atoms with Crippen molar-refractivity contribution in [3.05, 3.63) is 75.8 Å². The summed E-state index contributed by atoms with van der Waals surface area (Å²) in [5.41, 5.74) is 5.19. The fourth-order valence-electron chi connectivity index (χ4n) is 3.10. The normalized spacial score (nSPS) is 11.3. The van der Waals surface area contributed by atoms with E-state index >= 15 is 0 Å². The van der Waals surface area contributed by atoms with Crippen LogP contribution in [-0.2, 0) is 10.0 Å². The van der Waals surface area contributed by atoms with Gasteiger partial charge in [0.25, 0.3) is 5.91 Å². The van der Waals surface area contributed by atoms with Gasteiger partial charge in [0, 0.05) is 23.6 Å². The van der Waals surface area contributed by atoms with Crippen molar-refractivity contribution in [3.63, 3.8) is 0 Å². The number of amides is 1. The van der Waals surface area contributed by atoms with Crippen molar-refractivity contribution in [2.24, 2.45) is 0 Å². The monoisotopic (exact) mass is 483 g/mol. The average Bonchev–Trinajstić information content (AvgIpc) is 3.43. The second kappa shape index (κ2) is 8.85. The van der Waals surface area contributed by atoms with E-state index in [2.05, 4.69) is 10.3 Å². The molecule has 0 fully saturated rings. The molecule has 0 saturated carbocycles. The molecule has 1 amide bonds. The summed E-state index contributed by atoms with van der Waals surface area (Å²) < 4.78 is 24.6. The summed E-state index contributed by atoms with van der Waals surface area (Å²) in [4.78, 5) is 18.1. The summed E-state index contributed by atoms with van der Waals surface area (Å²) in [6.07, 6.45) is 1.16. The number of anilines is 2. The van der Waals surface area contributed by atoms with Crippen molar-refractivity contribution < 1.29 is 13.2 Å². The largest absolute Gasteiger partial charge is 0.297 e. The Morgan fingerprint density at radius 2 is 1.62 bits per heavy atom. The highest BCUT2D eigenvalue weighted by Crippen LogP contribution is 2.31. The molecule has 0 radical (unpaired) electrons. The highest BCUT2D eigenvalue weighted by atomic mass is 32.2. The SMILES string of the molecule is Cc1ccc(-c2ccsc2C(=O)Nc2nc(-c3ccc(N(C)S(C)(=O)=O)cc3)cs2)cc1. The number of benzene rings is 2. The van der Waals surface area contributed by atoms with Crippen LogP contribution in [0.4, 0.5) is 10.8 Å². The van der Waals surface area contributed by atoms with Gasteiger partial charge in [0.05, 0.1) is 17.6 Å². The number of carbonyl (C=O) groups excluding carboxylic acids is 1. The van der Waals surface area contributed by atoms with Crippen LogP contribution in [0, 0.1) is 6.92 Å². The Bertz CT molecular complexity index is 1360. The van der Waals surface area contributed by atoms with E-state index in [9.17, 15) is 13.2 Å². The lowest BCUT2D eigenvalue weighted by molar-refractivity contribution is 0.103. The molecule has 0 bridgehead atoms. The summed E-state index contributed by atoms with van der Waals surface area (Å²) in [6, 6.07) is 17.1. The predicted octanol–water partition coefficient (Wildman–Crippen LogP) is 5.50. The van der Waals surface area contributed by atoms with Crippen molar-refractivity contribution in [2.75, 3.05) is 22.9 Å². The molecule has 4 rings (SSSR count). The second-order valence-electron chi connectivity index (χ2n) is 7.30. The van der Waals surface area contributed by atoms with Crippen molar-refractivity contribution >= 4 is 49.4 Å². The van der Waals surface area contributed by atoms with Gasteiger partial charge in [-0.25, -0.2) is 13.4 Å². The first-order chi connectivity index (χ1) is 15.2. The van der Waals surface area contributed by atoms with E-state index in [-0.39, 0.29) is 5.91 Å². The van der Waals surface area contributed by atoms with Gasteiger partial charge in [0.15, 0.2) is 5.13 Å². The summed E-state index contributed by atoms with van der Waals surface area (Å²) in [5.74, 6) is -0.193. The third-order valence-electron chi connectivity index (χ3n) is 4.98. The maximum atomic E-state index is 12.9. The van der Waals surface area contributed by atoms with Gasteiger partial charge in [0.1, 0.15) is 4.88 Å². The van der Waals surface area contributed by atoms with E-state index in [0.717, 1.165) is 22.9 Å². The molecular formula is C23H21N3O3S3. The number of thiazole rings is 1. The van der Waals surface area contributed by atoms with Gasteiger partial charge < -0.3 is 0 Å². The van der Waals surface area contributed by atoms with Crippen molar-refractivity contribution in [1.82, 2.24) is 4.98 Å². The molecule has 6 nitrogen and oxygen atoms in total. The first kappa shape index (κ1) is 22.2. The summed E-state index contributed by atoms with van der Waals surface area (Å²) in [7, 11) is -1.81. The van der Waals surface area contributed by atoms with Gasteiger partial charge in [-0.3, -0.25) is 14.4 Å². The second-order valence-corrected chi connectivity index (χ2v) is 11.1. The summed E-state index contributed by atoms with van der Waals surface area (Å²) in [6.45, 7) is 2.03. The van der Waals surface area contributed by atoms with Gasteiger partial charge in [-0.15, -0.1) is 22.7 Å². The molecule has 0 spiro atoms. The number of carbonyl (C=O) groups is 1. The van der Waals surface area contributed by atoms with E-state index in [1.54, 1.807) is 12.1 Å². The molecule has 1 N–H and O–H groups in total. The Kier molecular flexibility index (Phi) is 6.14. The molecule has 2 heterocycles. The van der Waals surface area contributed by atoms with E-state index in [0.29, 0.717) is 21.4 Å². The lowest BCUT2D eigenvalue weighted by Gasteiger charge is -2.16. The summed E-state index contributed by atoms with van der Waals surface area (Å²) in [5, 5.41) is 7.17. The Morgan fingerprint density at radius 3 is 2.28 bits per heavy atom. The fourth-order valence-corrected chi connectivity index (χ4v) is 5.13. The molecule has 2 aromatic carbocycles. The molecular weight excluding hydrogens is 462 g/mol. The van der Waals surface area contributed by atoms with Crippen LogP contribution < -0.4 is 9.62 Å². The molecule has 0 saturated heterocycles. The number of aromatic nitrogens is 1. The average molecular weight is 484 g/mol. The van der Waals surface area contributed by atoms with E-state index in [4.69, 9.17) is 0 Å². The Balaban J connectivity index is 1.50. The quantitative estimate of drug-likeness (QED) is 0.393. The number of hydrogen-bond donors (Lipinski definition) is 1. The topological polar surface area (TPSA) is 79.4 Å². The van der Waals surface area contributed by atoms with Crippen LogP contribution in [-0.4, -0.2) is 32.6 Å². The number of nitrogens with one attached hydrogen (secondary N) is 1. The minimum absolute atomic E-state index is 0.193. The lowest BCUT2D eigenvalue weighted by atomic mass is 10.0. The molecule has 4 aromatic rings. The standard InChI is InChI=1S/C23H21N3O3S3/c1-15-4-6-16(7-5-15)19-12-13-30-21(19)22(27)25-23-24-20(14-31-23)17-8-10-18(11-9-17)26(2)32(3,28)29/h4-14H,1-3H3,(H,24,25,27). The van der Waals surface area contributed by atoms with Gasteiger partial charge in [-0.2, -0.15) is 0 Å². The third-order valence-corrected chi connectivity index (χ3v) is 7.86. The molecule has 0 atom stereocenters. The molecule has 2 aromatic heterocycles. The van der Waals surface area contributed by atoms with Crippen LogP contribution in [0.5, 0.6) is 0 Å². The zero-order valence-electron chi connectivity index (χ0n) is 17.7. The fraction of sp³-hybridized carbons (Fsp3) is 0.130. The van der Waals surface area contributed by atoms with E-state index in [1.807, 2.05) is 60.1 Å². The summed E-state index contributed by atoms with van der Waals surface area (Å²) >= 11 is 2.74. The molecule has 0 aliphatic rings. The Labute approximate surface area is 195 Å². The molecule has 0 aliphatic carbocycles. The number of hydrogen-bond acceptors (Lipinski definition) is 6. The molecule has 9 heteroatoms. The Morgan fingerprint density at radius 1 is 0.969 bits per heavy atom. The molecule has 0 aliphatic heterocycles. The van der Waals surface area contributed by atoms with E-state index in [1.165, 1.54) is 39.6 Å². The molecule has 32 heavy (non-hydrogen) atoms. The van der Waals surface area contributed by atoms with Crippen LogP contribution in [0.1, 0.15) is 15.2 Å². The van der Waals surface area contributed by atoms with Gasteiger partial charge in [-0.05, 0) is 36.1 Å². The first-order valence-electron chi connectivity index (χ1n) is 9.68. The predicted molar refractivity (Wildman–Crippen MR) is 133 cm³/mol. The Hall–Kier alpha value is -3.01. The zero-order valence-corrected chi connectivity index (χ0v) is 20.1. The van der Waals surface area contributed by atoms with Crippen LogP contribution in [0.3, 0.4) is 0 Å². The zero-order chi connectivity index (χ0) is 22.9. The third kappa shape index (κ3) is 4.74. The number of rotatable bonds is 6. The lowest BCUT2D eigenvalue weighted by Crippen LogP contribution is -2.24. The molecule has 164 valence electrons. The number of sulfonamides is 1. The number of nitrogens with zero attached hydrogens (tertiary/aromatic N) is 2.